The van der Waals surface area contributed by atoms with Crippen molar-refractivity contribution in [2.75, 3.05) is 5.73 Å². The van der Waals surface area contributed by atoms with Crippen molar-refractivity contribution in [3.8, 4) is 11.1 Å². The van der Waals surface area contributed by atoms with E-state index < -0.39 is 0 Å². The minimum atomic E-state index is 0.793. The van der Waals surface area contributed by atoms with Crippen molar-refractivity contribution in [3.63, 3.8) is 0 Å². The molecule has 1 aromatic heterocycles. The van der Waals surface area contributed by atoms with E-state index in [9.17, 15) is 0 Å². The molecule has 17 heavy (non-hydrogen) atoms. The van der Waals surface area contributed by atoms with Crippen molar-refractivity contribution < 1.29 is 0 Å². The maximum atomic E-state index is 6.21. The fourth-order valence-corrected chi connectivity index (χ4v) is 2.01. The van der Waals surface area contributed by atoms with Crippen molar-refractivity contribution >= 4 is 16.6 Å². The molecule has 0 fully saturated rings. The minimum absolute atomic E-state index is 0.793. The van der Waals surface area contributed by atoms with Crippen molar-refractivity contribution in [1.29, 1.82) is 0 Å². The number of aromatic nitrogens is 1. The highest BCUT2D eigenvalue weighted by Gasteiger charge is 2.06. The molecule has 0 aliphatic heterocycles. The van der Waals surface area contributed by atoms with Crippen LogP contribution in [0.25, 0.3) is 22.0 Å². The number of nitrogen functional groups attached to an aromatic ring is 1. The summed E-state index contributed by atoms with van der Waals surface area (Å²) >= 11 is 0. The van der Waals surface area contributed by atoms with Crippen molar-refractivity contribution in [1.82, 2.24) is 4.98 Å². The van der Waals surface area contributed by atoms with Gasteiger partial charge >= 0.3 is 0 Å². The van der Waals surface area contributed by atoms with Crippen LogP contribution in [-0.4, -0.2) is 4.98 Å². The topological polar surface area (TPSA) is 38.9 Å². The van der Waals surface area contributed by atoms with Crippen molar-refractivity contribution in [3.05, 3.63) is 60.8 Å². The number of pyridine rings is 1. The SMILES string of the molecule is Nc1c(-c2ccccc2)cnc2ccccc12. The molecule has 2 aromatic carbocycles. The van der Waals surface area contributed by atoms with Crippen LogP contribution in [0.4, 0.5) is 5.69 Å². The van der Waals surface area contributed by atoms with E-state index in [1.54, 1.807) is 0 Å². The van der Waals surface area contributed by atoms with Gasteiger partial charge in [-0.3, -0.25) is 4.98 Å². The highest BCUT2D eigenvalue weighted by atomic mass is 14.7. The number of hydrogen-bond donors (Lipinski definition) is 1. The van der Waals surface area contributed by atoms with Crippen molar-refractivity contribution in [2.24, 2.45) is 0 Å². The second-order valence-corrected chi connectivity index (χ2v) is 3.97. The summed E-state index contributed by atoms with van der Waals surface area (Å²) in [6, 6.07) is 18.0. The van der Waals surface area contributed by atoms with Gasteiger partial charge in [-0.05, 0) is 11.6 Å². The van der Waals surface area contributed by atoms with Gasteiger partial charge in [-0.15, -0.1) is 0 Å². The second kappa shape index (κ2) is 3.91. The summed E-state index contributed by atoms with van der Waals surface area (Å²) in [5, 5.41) is 1.01. The lowest BCUT2D eigenvalue weighted by Crippen LogP contribution is -1.93. The number of fused-ring (bicyclic) bond motifs is 1. The first kappa shape index (κ1) is 9.85. The summed E-state index contributed by atoms with van der Waals surface area (Å²) in [5.41, 5.74) is 10.0. The summed E-state index contributed by atoms with van der Waals surface area (Å²) in [6.07, 6.45) is 1.84. The van der Waals surface area contributed by atoms with Gasteiger partial charge < -0.3 is 5.73 Å². The van der Waals surface area contributed by atoms with Gasteiger partial charge in [0.15, 0.2) is 0 Å². The average molecular weight is 220 g/mol. The molecule has 3 aromatic rings. The fourth-order valence-electron chi connectivity index (χ4n) is 2.01. The standard InChI is InChI=1S/C15H12N2/c16-15-12-8-4-5-9-14(12)17-10-13(15)11-6-2-1-3-7-11/h1-10H,(H2,16,17). The third kappa shape index (κ3) is 1.64. The average Bonchev–Trinajstić information content (AvgIpc) is 2.40. The zero-order valence-corrected chi connectivity index (χ0v) is 9.30. The quantitative estimate of drug-likeness (QED) is 0.681. The molecule has 0 bridgehead atoms. The molecule has 0 aliphatic rings. The molecular formula is C15H12N2. The molecule has 2 N–H and O–H groups in total. The van der Waals surface area contributed by atoms with Gasteiger partial charge in [-0.2, -0.15) is 0 Å². The molecule has 0 spiro atoms. The molecule has 0 unspecified atom stereocenters. The van der Waals surface area contributed by atoms with Crippen LogP contribution in [0.15, 0.2) is 60.8 Å². The Morgan fingerprint density at radius 1 is 0.824 bits per heavy atom. The summed E-state index contributed by atoms with van der Waals surface area (Å²) < 4.78 is 0. The predicted octanol–water partition coefficient (Wildman–Crippen LogP) is 3.48. The Hall–Kier alpha value is -2.35. The van der Waals surface area contributed by atoms with E-state index in [2.05, 4.69) is 4.98 Å². The van der Waals surface area contributed by atoms with E-state index in [1.807, 2.05) is 60.8 Å². The molecule has 0 aliphatic carbocycles. The maximum Gasteiger partial charge on any atom is 0.0723 e. The normalized spacial score (nSPS) is 10.6. The lowest BCUT2D eigenvalue weighted by Gasteiger charge is -2.08. The lowest BCUT2D eigenvalue weighted by molar-refractivity contribution is 1.41. The van der Waals surface area contributed by atoms with Gasteiger partial charge in [0.1, 0.15) is 0 Å². The molecule has 2 heteroatoms. The Kier molecular flexibility index (Phi) is 2.26. The predicted molar refractivity (Wildman–Crippen MR) is 71.6 cm³/mol. The molecule has 0 amide bonds. The minimum Gasteiger partial charge on any atom is -0.398 e. The van der Waals surface area contributed by atoms with Gasteiger partial charge in [0, 0.05) is 17.1 Å². The van der Waals surface area contributed by atoms with Crippen LogP contribution >= 0.6 is 0 Å². The van der Waals surface area contributed by atoms with Crippen LogP contribution < -0.4 is 5.73 Å². The summed E-state index contributed by atoms with van der Waals surface area (Å²) in [6.45, 7) is 0. The molecule has 0 saturated carbocycles. The van der Waals surface area contributed by atoms with Gasteiger partial charge in [0.05, 0.1) is 11.2 Å². The van der Waals surface area contributed by atoms with Crippen molar-refractivity contribution in [2.45, 2.75) is 0 Å². The van der Waals surface area contributed by atoms with Gasteiger partial charge in [-0.1, -0.05) is 48.5 Å². The first-order valence-electron chi connectivity index (χ1n) is 5.55. The van der Waals surface area contributed by atoms with E-state index >= 15 is 0 Å². The van der Waals surface area contributed by atoms with Crippen LogP contribution in [0.1, 0.15) is 0 Å². The number of nitrogens with zero attached hydrogens (tertiary/aromatic N) is 1. The van der Waals surface area contributed by atoms with E-state index in [0.29, 0.717) is 0 Å². The second-order valence-electron chi connectivity index (χ2n) is 3.97. The lowest BCUT2D eigenvalue weighted by atomic mass is 10.0. The number of nitrogens with two attached hydrogens (primary N) is 1. The van der Waals surface area contributed by atoms with E-state index in [-0.39, 0.29) is 0 Å². The molecule has 3 rings (SSSR count). The van der Waals surface area contributed by atoms with Crippen LogP contribution in [-0.2, 0) is 0 Å². The Bertz CT molecular complexity index is 660. The number of rotatable bonds is 1. The molecule has 0 atom stereocenters. The van der Waals surface area contributed by atoms with E-state index in [4.69, 9.17) is 5.73 Å². The molecule has 1 heterocycles. The summed E-state index contributed by atoms with van der Waals surface area (Å²) in [4.78, 5) is 4.44. The Morgan fingerprint density at radius 2 is 1.53 bits per heavy atom. The Balaban J connectivity index is 2.29. The Morgan fingerprint density at radius 3 is 2.35 bits per heavy atom. The highest BCUT2D eigenvalue weighted by Crippen LogP contribution is 2.30. The molecule has 2 nitrogen and oxygen atoms in total. The Labute approximate surface area is 99.7 Å². The zero-order valence-electron chi connectivity index (χ0n) is 9.30. The molecule has 82 valence electrons. The number of anilines is 1. The van der Waals surface area contributed by atoms with Gasteiger partial charge in [0.25, 0.3) is 0 Å². The monoisotopic (exact) mass is 220 g/mol. The highest BCUT2D eigenvalue weighted by molar-refractivity contribution is 5.97. The van der Waals surface area contributed by atoms with E-state index in [0.717, 1.165) is 27.7 Å². The maximum absolute atomic E-state index is 6.21. The number of benzene rings is 2. The smallest absolute Gasteiger partial charge is 0.0723 e. The first-order valence-corrected chi connectivity index (χ1v) is 5.55. The third-order valence-electron chi connectivity index (χ3n) is 2.90. The summed E-state index contributed by atoms with van der Waals surface area (Å²) in [7, 11) is 0. The largest absolute Gasteiger partial charge is 0.398 e. The number of hydrogen-bond acceptors (Lipinski definition) is 2. The molecule has 0 saturated heterocycles. The van der Waals surface area contributed by atoms with Crippen LogP contribution in [0.3, 0.4) is 0 Å². The fraction of sp³-hybridized carbons (Fsp3) is 0. The summed E-state index contributed by atoms with van der Waals surface area (Å²) in [5.74, 6) is 0. The molecular weight excluding hydrogens is 208 g/mol. The van der Waals surface area contributed by atoms with Gasteiger partial charge in [-0.25, -0.2) is 0 Å². The van der Waals surface area contributed by atoms with Crippen LogP contribution in [0.5, 0.6) is 0 Å². The van der Waals surface area contributed by atoms with Crippen LogP contribution in [0.2, 0.25) is 0 Å². The first-order chi connectivity index (χ1) is 8.36. The third-order valence-corrected chi connectivity index (χ3v) is 2.90. The zero-order chi connectivity index (χ0) is 11.7. The number of para-hydroxylation sites is 1. The van der Waals surface area contributed by atoms with E-state index in [1.165, 1.54) is 0 Å². The molecule has 0 radical (unpaired) electrons. The van der Waals surface area contributed by atoms with Crippen LogP contribution in [0, 0.1) is 0 Å². The van der Waals surface area contributed by atoms with Gasteiger partial charge in [0.2, 0.25) is 0 Å².